The zero-order chi connectivity index (χ0) is 18.6. The number of carbonyl (C=O) groups is 1. The van der Waals surface area contributed by atoms with E-state index in [0.29, 0.717) is 5.56 Å². The first-order chi connectivity index (χ1) is 12.5. The summed E-state index contributed by atoms with van der Waals surface area (Å²) in [6.45, 7) is 0. The molecule has 0 aromatic heterocycles. The van der Waals surface area contributed by atoms with E-state index >= 15 is 0 Å². The molecule has 0 atom stereocenters. The van der Waals surface area contributed by atoms with E-state index < -0.39 is 15.9 Å². The average Bonchev–Trinajstić information content (AvgIpc) is 2.67. The summed E-state index contributed by atoms with van der Waals surface area (Å²) in [6.07, 6.45) is 0. The van der Waals surface area contributed by atoms with Gasteiger partial charge >= 0.3 is 0 Å². The summed E-state index contributed by atoms with van der Waals surface area (Å²) < 4.78 is 25.4. The monoisotopic (exact) mass is 386 g/mol. The van der Waals surface area contributed by atoms with Crippen LogP contribution in [0.2, 0.25) is 5.02 Å². The molecule has 3 aromatic carbocycles. The van der Waals surface area contributed by atoms with Gasteiger partial charge in [0.25, 0.3) is 15.9 Å². The van der Waals surface area contributed by atoms with Crippen molar-refractivity contribution >= 4 is 27.5 Å². The molecule has 3 rings (SSSR count). The Bertz CT molecular complexity index is 1040. The maximum atomic E-state index is 12.7. The molecular weight excluding hydrogens is 372 g/mol. The van der Waals surface area contributed by atoms with Gasteiger partial charge in [0.15, 0.2) is 0 Å². The van der Waals surface area contributed by atoms with E-state index in [1.54, 1.807) is 36.4 Å². The zero-order valence-corrected chi connectivity index (χ0v) is 15.1. The van der Waals surface area contributed by atoms with E-state index in [9.17, 15) is 13.2 Å². The second kappa shape index (κ2) is 7.70. The second-order valence-corrected chi connectivity index (χ2v) is 7.46. The molecule has 132 valence electrons. The van der Waals surface area contributed by atoms with Gasteiger partial charge in [-0.1, -0.05) is 72.3 Å². The van der Waals surface area contributed by atoms with Crippen LogP contribution in [0.15, 0.2) is 83.8 Å². The van der Waals surface area contributed by atoms with Crippen molar-refractivity contribution in [1.82, 2.24) is 10.3 Å². The number of amides is 1. The number of carbonyl (C=O) groups excluding carboxylic acids is 1. The van der Waals surface area contributed by atoms with Gasteiger partial charge in [0.2, 0.25) is 0 Å². The van der Waals surface area contributed by atoms with Crippen molar-refractivity contribution in [2.24, 2.45) is 0 Å². The highest BCUT2D eigenvalue weighted by atomic mass is 35.5. The minimum absolute atomic E-state index is 0.0608. The van der Waals surface area contributed by atoms with Crippen LogP contribution in [0.1, 0.15) is 10.4 Å². The van der Waals surface area contributed by atoms with Gasteiger partial charge in [-0.15, -0.1) is 4.83 Å². The first kappa shape index (κ1) is 18.1. The molecule has 0 fully saturated rings. The molecule has 26 heavy (non-hydrogen) atoms. The number of nitrogens with one attached hydrogen (secondary N) is 2. The standard InChI is InChI=1S/C19H15ClN2O3S/c20-17-12-6-4-11-16(17)19(23)21-22-26(24,25)18-13-7-5-10-15(18)14-8-2-1-3-9-14/h1-13,22H,(H,21,23). The highest BCUT2D eigenvalue weighted by Gasteiger charge is 2.20. The van der Waals surface area contributed by atoms with Crippen LogP contribution in [0.4, 0.5) is 0 Å². The van der Waals surface area contributed by atoms with E-state index in [1.165, 1.54) is 12.1 Å². The van der Waals surface area contributed by atoms with Gasteiger partial charge in [0.1, 0.15) is 0 Å². The average molecular weight is 387 g/mol. The Hall–Kier alpha value is -2.67. The van der Waals surface area contributed by atoms with Crippen LogP contribution in [0, 0.1) is 0 Å². The SMILES string of the molecule is O=C(NNS(=O)(=O)c1ccccc1-c1ccccc1)c1ccccc1Cl. The Morgan fingerprint density at radius 1 is 0.808 bits per heavy atom. The van der Waals surface area contributed by atoms with E-state index in [0.717, 1.165) is 5.56 Å². The molecule has 0 saturated carbocycles. The highest BCUT2D eigenvalue weighted by molar-refractivity contribution is 7.89. The van der Waals surface area contributed by atoms with Gasteiger partial charge in [0.05, 0.1) is 15.5 Å². The third kappa shape index (κ3) is 3.94. The third-order valence-electron chi connectivity index (χ3n) is 3.68. The number of halogens is 1. The molecule has 3 aromatic rings. The fourth-order valence-corrected chi connectivity index (χ4v) is 3.73. The first-order valence-electron chi connectivity index (χ1n) is 7.70. The predicted octanol–water partition coefficient (Wildman–Crippen LogP) is 3.63. The van der Waals surface area contributed by atoms with Gasteiger partial charge in [-0.25, -0.2) is 8.42 Å². The Kier molecular flexibility index (Phi) is 5.37. The summed E-state index contributed by atoms with van der Waals surface area (Å²) in [5.41, 5.74) is 3.66. The molecule has 0 spiro atoms. The Labute approximate surface area is 156 Å². The molecule has 0 saturated heterocycles. The number of rotatable bonds is 5. The van der Waals surface area contributed by atoms with Crippen molar-refractivity contribution < 1.29 is 13.2 Å². The van der Waals surface area contributed by atoms with E-state index in [1.807, 2.05) is 30.3 Å². The predicted molar refractivity (Wildman–Crippen MR) is 101 cm³/mol. The fraction of sp³-hybridized carbons (Fsp3) is 0. The van der Waals surface area contributed by atoms with Gasteiger partial charge in [-0.2, -0.15) is 0 Å². The van der Waals surface area contributed by atoms with Crippen molar-refractivity contribution in [3.05, 3.63) is 89.4 Å². The lowest BCUT2D eigenvalue weighted by atomic mass is 10.1. The Morgan fingerprint density at radius 3 is 2.15 bits per heavy atom. The van der Waals surface area contributed by atoms with Crippen molar-refractivity contribution in [3.63, 3.8) is 0 Å². The van der Waals surface area contributed by atoms with Crippen molar-refractivity contribution in [3.8, 4) is 11.1 Å². The summed E-state index contributed by atoms with van der Waals surface area (Å²) in [4.78, 5) is 14.4. The largest absolute Gasteiger partial charge is 0.273 e. The number of hydrogen-bond donors (Lipinski definition) is 2. The summed E-state index contributed by atoms with van der Waals surface area (Å²) in [5, 5.41) is 0.230. The zero-order valence-electron chi connectivity index (χ0n) is 13.5. The van der Waals surface area contributed by atoms with Crippen LogP contribution in [-0.4, -0.2) is 14.3 Å². The normalized spacial score (nSPS) is 11.1. The van der Waals surface area contributed by atoms with E-state index in [2.05, 4.69) is 10.3 Å². The lowest BCUT2D eigenvalue weighted by Crippen LogP contribution is -2.41. The summed E-state index contributed by atoms with van der Waals surface area (Å²) in [5.74, 6) is -0.642. The van der Waals surface area contributed by atoms with Crippen molar-refractivity contribution in [2.45, 2.75) is 4.90 Å². The molecule has 0 heterocycles. The maximum Gasteiger partial charge on any atom is 0.267 e. The third-order valence-corrected chi connectivity index (χ3v) is 5.31. The molecule has 0 radical (unpaired) electrons. The molecule has 1 amide bonds. The van der Waals surface area contributed by atoms with Crippen LogP contribution in [-0.2, 0) is 10.0 Å². The fourth-order valence-electron chi connectivity index (χ4n) is 2.44. The van der Waals surface area contributed by atoms with E-state index in [-0.39, 0.29) is 15.5 Å². The molecule has 0 aliphatic carbocycles. The Morgan fingerprint density at radius 2 is 1.42 bits per heavy atom. The minimum atomic E-state index is -3.98. The topological polar surface area (TPSA) is 75.3 Å². The van der Waals surface area contributed by atoms with Crippen molar-refractivity contribution in [2.75, 3.05) is 0 Å². The first-order valence-corrected chi connectivity index (χ1v) is 9.56. The number of benzene rings is 3. The molecule has 5 nitrogen and oxygen atoms in total. The molecule has 7 heteroatoms. The van der Waals surface area contributed by atoms with Gasteiger partial charge in [-0.05, 0) is 23.8 Å². The molecule has 0 unspecified atom stereocenters. The number of hydrogen-bond acceptors (Lipinski definition) is 3. The number of hydrazine groups is 1. The molecule has 2 N–H and O–H groups in total. The lowest BCUT2D eigenvalue weighted by Gasteiger charge is -2.13. The van der Waals surface area contributed by atoms with Gasteiger partial charge < -0.3 is 0 Å². The van der Waals surface area contributed by atoms with E-state index in [4.69, 9.17) is 11.6 Å². The van der Waals surface area contributed by atoms with Crippen LogP contribution in [0.5, 0.6) is 0 Å². The molecule has 0 bridgehead atoms. The highest BCUT2D eigenvalue weighted by Crippen LogP contribution is 2.26. The quantitative estimate of drug-likeness (QED) is 0.657. The van der Waals surface area contributed by atoms with Gasteiger partial charge in [-0.3, -0.25) is 10.2 Å². The maximum absolute atomic E-state index is 12.7. The smallest absolute Gasteiger partial charge is 0.267 e. The Balaban J connectivity index is 1.86. The van der Waals surface area contributed by atoms with Crippen LogP contribution in [0.3, 0.4) is 0 Å². The summed E-state index contributed by atoms with van der Waals surface area (Å²) in [7, 11) is -3.98. The molecule has 0 aliphatic heterocycles. The second-order valence-electron chi connectivity index (χ2n) is 5.40. The number of sulfonamides is 1. The molecule has 0 aliphatic rings. The van der Waals surface area contributed by atoms with Crippen LogP contribution in [0.25, 0.3) is 11.1 Å². The molecular formula is C19H15ClN2O3S. The summed E-state index contributed by atoms with van der Waals surface area (Å²) >= 11 is 5.95. The van der Waals surface area contributed by atoms with Crippen molar-refractivity contribution in [1.29, 1.82) is 0 Å². The minimum Gasteiger partial charge on any atom is -0.273 e. The van der Waals surface area contributed by atoms with Gasteiger partial charge in [0, 0.05) is 5.56 Å². The summed E-state index contributed by atoms with van der Waals surface area (Å²) in [6, 6.07) is 22.1. The lowest BCUT2D eigenvalue weighted by molar-refractivity contribution is 0.0945. The van der Waals surface area contributed by atoms with Crippen LogP contribution >= 0.6 is 11.6 Å². The van der Waals surface area contributed by atoms with Crippen LogP contribution < -0.4 is 10.3 Å².